The van der Waals surface area contributed by atoms with Gasteiger partial charge in [0.1, 0.15) is 0 Å². The van der Waals surface area contributed by atoms with Crippen molar-refractivity contribution in [1.29, 1.82) is 0 Å². The Morgan fingerprint density at radius 2 is 1.80 bits per heavy atom. The van der Waals surface area contributed by atoms with Crippen molar-refractivity contribution in [3.8, 4) is 0 Å². The molecule has 0 aliphatic carbocycles. The van der Waals surface area contributed by atoms with E-state index in [1.807, 2.05) is 24.3 Å². The van der Waals surface area contributed by atoms with Gasteiger partial charge in [-0.1, -0.05) is 30.7 Å². The van der Waals surface area contributed by atoms with Crippen molar-refractivity contribution >= 4 is 11.6 Å². The van der Waals surface area contributed by atoms with Crippen LogP contribution >= 0.6 is 11.6 Å². The molecule has 0 aromatic heterocycles. The van der Waals surface area contributed by atoms with E-state index in [0.717, 1.165) is 31.6 Å². The summed E-state index contributed by atoms with van der Waals surface area (Å²) in [5.74, 6) is 0. The highest BCUT2D eigenvalue weighted by Gasteiger charge is 2.15. The molecule has 1 rings (SSSR count). The fraction of sp³-hybridized carbons (Fsp3) is 0.625. The number of benzene rings is 1. The molecule has 4 heteroatoms. The summed E-state index contributed by atoms with van der Waals surface area (Å²) >= 11 is 5.86. The average Bonchev–Trinajstić information content (AvgIpc) is 2.39. The molecule has 2 unspecified atom stereocenters. The van der Waals surface area contributed by atoms with Crippen molar-refractivity contribution in [2.75, 3.05) is 33.7 Å². The van der Waals surface area contributed by atoms with Crippen molar-refractivity contribution in [2.45, 2.75) is 32.4 Å². The highest BCUT2D eigenvalue weighted by atomic mass is 35.5. The van der Waals surface area contributed by atoms with E-state index in [0.29, 0.717) is 11.1 Å². The van der Waals surface area contributed by atoms with Crippen molar-refractivity contribution in [1.82, 2.24) is 9.80 Å². The summed E-state index contributed by atoms with van der Waals surface area (Å²) in [5, 5.41) is 10.9. The lowest BCUT2D eigenvalue weighted by molar-refractivity contribution is 0.121. The number of nitrogens with zero attached hydrogens (tertiary/aromatic N) is 2. The normalized spacial score (nSPS) is 14.8. The Hall–Kier alpha value is -0.610. The van der Waals surface area contributed by atoms with Crippen LogP contribution in [0.4, 0.5) is 0 Å². The van der Waals surface area contributed by atoms with E-state index in [-0.39, 0.29) is 0 Å². The lowest BCUT2D eigenvalue weighted by Gasteiger charge is -2.30. The topological polar surface area (TPSA) is 26.7 Å². The molecule has 1 aromatic carbocycles. The smallest absolute Gasteiger partial charge is 0.0802 e. The predicted octanol–water partition coefficient (Wildman–Crippen LogP) is 3.04. The first-order valence-electron chi connectivity index (χ1n) is 7.26. The summed E-state index contributed by atoms with van der Waals surface area (Å²) in [7, 11) is 4.18. The molecule has 2 atom stereocenters. The Labute approximate surface area is 128 Å². The predicted molar refractivity (Wildman–Crippen MR) is 86.3 cm³/mol. The molecule has 3 nitrogen and oxygen atoms in total. The Morgan fingerprint density at radius 1 is 1.20 bits per heavy atom. The van der Waals surface area contributed by atoms with Gasteiger partial charge in [0.25, 0.3) is 0 Å². The van der Waals surface area contributed by atoms with Gasteiger partial charge in [0.05, 0.1) is 6.10 Å². The van der Waals surface area contributed by atoms with Crippen LogP contribution in [0.3, 0.4) is 0 Å². The maximum absolute atomic E-state index is 10.2. The third-order valence-corrected chi connectivity index (χ3v) is 3.86. The Bertz CT molecular complexity index is 381. The first kappa shape index (κ1) is 17.4. The maximum atomic E-state index is 10.2. The van der Waals surface area contributed by atoms with Crippen molar-refractivity contribution in [3.63, 3.8) is 0 Å². The molecule has 1 N–H and O–H groups in total. The highest BCUT2D eigenvalue weighted by Crippen LogP contribution is 2.19. The standard InChI is InChI=1S/C16H27ClN2O/c1-5-19(13(2)12-18(3)4)11-10-16(20)14-6-8-15(17)9-7-14/h6-9,13,16,20H,5,10-12H2,1-4H3. The SMILES string of the molecule is CCN(CCC(O)c1ccc(Cl)cc1)C(C)CN(C)C. The summed E-state index contributed by atoms with van der Waals surface area (Å²) in [6.07, 6.45) is 0.320. The van der Waals surface area contributed by atoms with Gasteiger partial charge in [0.15, 0.2) is 0 Å². The molecule has 0 saturated heterocycles. The van der Waals surface area contributed by atoms with Crippen molar-refractivity contribution in [3.05, 3.63) is 34.9 Å². The van der Waals surface area contributed by atoms with Gasteiger partial charge in [-0.15, -0.1) is 0 Å². The first-order valence-corrected chi connectivity index (χ1v) is 7.64. The largest absolute Gasteiger partial charge is 0.388 e. The van der Waals surface area contributed by atoms with Crippen LogP contribution in [0.15, 0.2) is 24.3 Å². The number of aliphatic hydroxyl groups excluding tert-OH is 1. The van der Waals surface area contributed by atoms with E-state index >= 15 is 0 Å². The summed E-state index contributed by atoms with van der Waals surface area (Å²) in [6, 6.07) is 7.94. The Balaban J connectivity index is 2.49. The van der Waals surface area contributed by atoms with E-state index < -0.39 is 6.10 Å². The van der Waals surface area contributed by atoms with Crippen LogP contribution in [-0.2, 0) is 0 Å². The summed E-state index contributed by atoms with van der Waals surface area (Å²) in [4.78, 5) is 4.60. The molecule has 0 amide bonds. The fourth-order valence-electron chi connectivity index (χ4n) is 2.47. The zero-order valence-electron chi connectivity index (χ0n) is 13.0. The lowest BCUT2D eigenvalue weighted by Crippen LogP contribution is -2.40. The first-order chi connectivity index (χ1) is 9.43. The van der Waals surface area contributed by atoms with Gasteiger partial charge in [0, 0.05) is 24.2 Å². The summed E-state index contributed by atoms with van der Waals surface area (Å²) < 4.78 is 0. The van der Waals surface area contributed by atoms with Crippen LogP contribution in [0, 0.1) is 0 Å². The van der Waals surface area contributed by atoms with E-state index in [1.54, 1.807) is 0 Å². The van der Waals surface area contributed by atoms with Crippen molar-refractivity contribution < 1.29 is 5.11 Å². The van der Waals surface area contributed by atoms with Gasteiger partial charge in [-0.25, -0.2) is 0 Å². The maximum Gasteiger partial charge on any atom is 0.0802 e. The second-order valence-electron chi connectivity index (χ2n) is 5.60. The minimum Gasteiger partial charge on any atom is -0.388 e. The monoisotopic (exact) mass is 298 g/mol. The zero-order valence-corrected chi connectivity index (χ0v) is 13.8. The second-order valence-corrected chi connectivity index (χ2v) is 6.03. The van der Waals surface area contributed by atoms with Crippen LogP contribution in [0.25, 0.3) is 0 Å². The van der Waals surface area contributed by atoms with Gasteiger partial charge >= 0.3 is 0 Å². The van der Waals surface area contributed by atoms with Crippen LogP contribution < -0.4 is 0 Å². The minimum atomic E-state index is -0.423. The third-order valence-electron chi connectivity index (χ3n) is 3.60. The molecule has 0 radical (unpaired) electrons. The molecule has 0 heterocycles. The van der Waals surface area contributed by atoms with E-state index in [2.05, 4.69) is 37.7 Å². The molecular formula is C16H27ClN2O. The molecule has 0 spiro atoms. The molecule has 0 fully saturated rings. The van der Waals surface area contributed by atoms with Crippen LogP contribution in [0.1, 0.15) is 31.9 Å². The van der Waals surface area contributed by atoms with Gasteiger partial charge in [-0.05, 0) is 51.7 Å². The molecule has 0 saturated carbocycles. The molecule has 0 aliphatic heterocycles. The summed E-state index contributed by atoms with van der Waals surface area (Å²) in [5.41, 5.74) is 0.936. The molecule has 114 valence electrons. The van der Waals surface area contributed by atoms with Crippen molar-refractivity contribution in [2.24, 2.45) is 0 Å². The fourth-order valence-corrected chi connectivity index (χ4v) is 2.60. The molecule has 0 bridgehead atoms. The Kier molecular flexibility index (Phi) is 7.52. The third kappa shape index (κ3) is 5.80. The van der Waals surface area contributed by atoms with E-state index in [9.17, 15) is 5.11 Å². The van der Waals surface area contributed by atoms with E-state index in [4.69, 9.17) is 11.6 Å². The van der Waals surface area contributed by atoms with Gasteiger partial charge < -0.3 is 10.0 Å². The van der Waals surface area contributed by atoms with Gasteiger partial charge in [-0.2, -0.15) is 0 Å². The number of hydrogen-bond acceptors (Lipinski definition) is 3. The average molecular weight is 299 g/mol. The number of hydrogen-bond donors (Lipinski definition) is 1. The molecule has 1 aromatic rings. The molecule has 0 aliphatic rings. The van der Waals surface area contributed by atoms with Gasteiger partial charge in [0.2, 0.25) is 0 Å². The number of aliphatic hydroxyl groups is 1. The number of rotatable bonds is 8. The Morgan fingerprint density at radius 3 is 2.30 bits per heavy atom. The number of halogens is 1. The van der Waals surface area contributed by atoms with Gasteiger partial charge in [-0.3, -0.25) is 4.90 Å². The molecule has 20 heavy (non-hydrogen) atoms. The quantitative estimate of drug-likeness (QED) is 0.799. The lowest BCUT2D eigenvalue weighted by atomic mass is 10.1. The summed E-state index contributed by atoms with van der Waals surface area (Å²) in [6.45, 7) is 7.33. The number of likely N-dealkylation sites (N-methyl/N-ethyl adjacent to an activating group) is 2. The van der Waals surface area contributed by atoms with Crippen LogP contribution in [0.5, 0.6) is 0 Å². The van der Waals surface area contributed by atoms with Crippen LogP contribution in [-0.4, -0.2) is 54.7 Å². The zero-order chi connectivity index (χ0) is 15.1. The highest BCUT2D eigenvalue weighted by molar-refractivity contribution is 6.30. The van der Waals surface area contributed by atoms with Crippen LogP contribution in [0.2, 0.25) is 5.02 Å². The second kappa shape index (κ2) is 8.63. The minimum absolute atomic E-state index is 0.423. The molecular weight excluding hydrogens is 272 g/mol. The van der Waals surface area contributed by atoms with E-state index in [1.165, 1.54) is 0 Å².